The van der Waals surface area contributed by atoms with E-state index in [1.54, 1.807) is 7.11 Å². The molecule has 0 saturated heterocycles. The lowest BCUT2D eigenvalue weighted by Gasteiger charge is -2.26. The number of nitrogens with zero attached hydrogens (tertiary/aromatic N) is 1. The minimum absolute atomic E-state index is 0.413. The molecule has 1 heterocycles. The molecule has 0 amide bonds. The highest BCUT2D eigenvalue weighted by molar-refractivity contribution is 5.57. The van der Waals surface area contributed by atoms with Gasteiger partial charge in [-0.05, 0) is 24.6 Å². The van der Waals surface area contributed by atoms with E-state index in [4.69, 9.17) is 4.74 Å². The maximum absolute atomic E-state index is 5.27. The van der Waals surface area contributed by atoms with Gasteiger partial charge in [0.2, 0.25) is 0 Å². The first-order valence-electron chi connectivity index (χ1n) is 6.40. The topological polar surface area (TPSA) is 24.5 Å². The number of fused-ring (bicyclic) bond motifs is 1. The molecule has 1 N–H and O–H groups in total. The molecule has 0 spiro atoms. The summed E-state index contributed by atoms with van der Waals surface area (Å²) >= 11 is 0. The van der Waals surface area contributed by atoms with Gasteiger partial charge in [-0.15, -0.1) is 0 Å². The molecule has 94 valence electrons. The summed E-state index contributed by atoms with van der Waals surface area (Å²) in [6.45, 7) is 6.06. The van der Waals surface area contributed by atoms with E-state index in [2.05, 4.69) is 41.4 Å². The molecular weight excluding hydrogens is 212 g/mol. The second-order valence-corrected chi connectivity index (χ2v) is 4.53. The fourth-order valence-corrected chi connectivity index (χ4v) is 2.53. The number of hydrogen-bond donors (Lipinski definition) is 1. The third-order valence-electron chi connectivity index (χ3n) is 3.28. The normalized spacial score (nSPS) is 16.0. The first kappa shape index (κ1) is 12.4. The summed E-state index contributed by atoms with van der Waals surface area (Å²) in [5.74, 6) is 0. The smallest absolute Gasteiger partial charge is 0.0633 e. The predicted octanol–water partition coefficient (Wildman–Crippen LogP) is 1.67. The third-order valence-corrected chi connectivity index (χ3v) is 3.28. The molecule has 0 fully saturated rings. The number of anilines is 1. The van der Waals surface area contributed by atoms with Crippen LogP contribution in [0.2, 0.25) is 0 Å². The Morgan fingerprint density at radius 3 is 3.00 bits per heavy atom. The van der Waals surface area contributed by atoms with Crippen molar-refractivity contribution in [2.24, 2.45) is 0 Å². The summed E-state index contributed by atoms with van der Waals surface area (Å²) in [6.07, 6.45) is 1.17. The van der Waals surface area contributed by atoms with Crippen molar-refractivity contribution in [2.45, 2.75) is 19.4 Å². The van der Waals surface area contributed by atoms with E-state index in [0.717, 1.165) is 26.2 Å². The van der Waals surface area contributed by atoms with Crippen molar-refractivity contribution in [2.75, 3.05) is 38.3 Å². The highest BCUT2D eigenvalue weighted by atomic mass is 16.5. The van der Waals surface area contributed by atoms with Crippen molar-refractivity contribution in [3.05, 3.63) is 29.8 Å². The fourth-order valence-electron chi connectivity index (χ4n) is 2.53. The maximum Gasteiger partial charge on any atom is 0.0633 e. The van der Waals surface area contributed by atoms with Crippen LogP contribution >= 0.6 is 0 Å². The Morgan fingerprint density at radius 2 is 2.24 bits per heavy atom. The molecule has 3 heteroatoms. The summed E-state index contributed by atoms with van der Waals surface area (Å²) in [5, 5.41) is 3.47. The van der Waals surface area contributed by atoms with E-state index in [-0.39, 0.29) is 0 Å². The predicted molar refractivity (Wildman–Crippen MR) is 71.7 cm³/mol. The summed E-state index contributed by atoms with van der Waals surface area (Å²) in [4.78, 5) is 2.46. The molecule has 0 radical (unpaired) electrons. The lowest BCUT2D eigenvalue weighted by molar-refractivity contribution is 0.168. The average Bonchev–Trinajstić information content (AvgIpc) is 2.74. The van der Waals surface area contributed by atoms with Crippen molar-refractivity contribution >= 4 is 5.69 Å². The number of likely N-dealkylation sites (N-methyl/N-ethyl adjacent to an activating group) is 1. The molecule has 0 aliphatic carbocycles. The molecule has 1 aromatic rings. The minimum Gasteiger partial charge on any atom is -0.383 e. The number of methoxy groups -OCH3 is 1. The lowest BCUT2D eigenvalue weighted by Crippen LogP contribution is -2.43. The number of ether oxygens (including phenoxy) is 1. The summed E-state index contributed by atoms with van der Waals surface area (Å²) < 4.78 is 5.27. The number of para-hydroxylation sites is 1. The van der Waals surface area contributed by atoms with Crippen LogP contribution in [0.4, 0.5) is 5.69 Å². The second-order valence-electron chi connectivity index (χ2n) is 4.53. The molecule has 1 unspecified atom stereocenters. The third kappa shape index (κ3) is 2.99. The summed E-state index contributed by atoms with van der Waals surface area (Å²) in [5.41, 5.74) is 2.87. The Balaban J connectivity index is 1.99. The van der Waals surface area contributed by atoms with Crippen LogP contribution in [0, 0.1) is 0 Å². The molecule has 1 aliphatic heterocycles. The molecule has 1 atom stereocenters. The molecule has 1 aliphatic rings. The van der Waals surface area contributed by atoms with E-state index in [9.17, 15) is 0 Å². The van der Waals surface area contributed by atoms with Crippen molar-refractivity contribution in [3.63, 3.8) is 0 Å². The Labute approximate surface area is 104 Å². The van der Waals surface area contributed by atoms with E-state index >= 15 is 0 Å². The molecular formula is C14H22N2O. The van der Waals surface area contributed by atoms with Crippen LogP contribution in [0.5, 0.6) is 0 Å². The van der Waals surface area contributed by atoms with Gasteiger partial charge < -0.3 is 15.0 Å². The van der Waals surface area contributed by atoms with Crippen molar-refractivity contribution in [3.8, 4) is 0 Å². The summed E-state index contributed by atoms with van der Waals surface area (Å²) in [7, 11) is 1.77. The van der Waals surface area contributed by atoms with Crippen LogP contribution in [0.25, 0.3) is 0 Å². The van der Waals surface area contributed by atoms with Crippen molar-refractivity contribution in [1.29, 1.82) is 0 Å². The van der Waals surface area contributed by atoms with E-state index in [1.165, 1.54) is 17.7 Å². The Bertz CT molecular complexity index is 348. The highest BCUT2D eigenvalue weighted by Gasteiger charge is 2.21. The van der Waals surface area contributed by atoms with Gasteiger partial charge in [-0.3, -0.25) is 0 Å². The molecule has 0 aromatic heterocycles. The van der Waals surface area contributed by atoms with E-state index < -0.39 is 0 Å². The van der Waals surface area contributed by atoms with Crippen molar-refractivity contribution in [1.82, 2.24) is 5.32 Å². The fraction of sp³-hybridized carbons (Fsp3) is 0.571. The van der Waals surface area contributed by atoms with Crippen LogP contribution in [-0.2, 0) is 11.2 Å². The van der Waals surface area contributed by atoms with Crippen LogP contribution in [0.15, 0.2) is 24.3 Å². The van der Waals surface area contributed by atoms with Gasteiger partial charge in [0.25, 0.3) is 0 Å². The molecule has 1 aromatic carbocycles. The molecule has 3 nitrogen and oxygen atoms in total. The standard InChI is InChI=1S/C14H22N2O/c1-3-15-13(11-17-2)10-16-9-8-12-6-4-5-7-14(12)16/h4-7,13,15H,3,8-11H2,1-2H3. The van der Waals surface area contributed by atoms with Crippen LogP contribution < -0.4 is 10.2 Å². The van der Waals surface area contributed by atoms with Crippen LogP contribution in [0.1, 0.15) is 12.5 Å². The highest BCUT2D eigenvalue weighted by Crippen LogP contribution is 2.27. The van der Waals surface area contributed by atoms with Gasteiger partial charge in [-0.25, -0.2) is 0 Å². The van der Waals surface area contributed by atoms with Gasteiger partial charge in [0.05, 0.1) is 6.61 Å². The SMILES string of the molecule is CCNC(COC)CN1CCc2ccccc21. The number of rotatable bonds is 6. The lowest BCUT2D eigenvalue weighted by atomic mass is 10.2. The van der Waals surface area contributed by atoms with Crippen LogP contribution in [0.3, 0.4) is 0 Å². The van der Waals surface area contributed by atoms with E-state index in [0.29, 0.717) is 6.04 Å². The Hall–Kier alpha value is -1.06. The zero-order valence-electron chi connectivity index (χ0n) is 10.8. The van der Waals surface area contributed by atoms with Crippen LogP contribution in [-0.4, -0.2) is 39.4 Å². The zero-order chi connectivity index (χ0) is 12.1. The van der Waals surface area contributed by atoms with Gasteiger partial charge in [0.1, 0.15) is 0 Å². The van der Waals surface area contributed by atoms with Crippen molar-refractivity contribution < 1.29 is 4.74 Å². The van der Waals surface area contributed by atoms with E-state index in [1.807, 2.05) is 0 Å². The first-order valence-corrected chi connectivity index (χ1v) is 6.40. The van der Waals surface area contributed by atoms with Gasteiger partial charge in [-0.1, -0.05) is 25.1 Å². The number of nitrogens with one attached hydrogen (secondary N) is 1. The Morgan fingerprint density at radius 1 is 1.41 bits per heavy atom. The molecule has 17 heavy (non-hydrogen) atoms. The Kier molecular flexibility index (Phi) is 4.40. The van der Waals surface area contributed by atoms with Gasteiger partial charge in [-0.2, -0.15) is 0 Å². The monoisotopic (exact) mass is 234 g/mol. The van der Waals surface area contributed by atoms with Gasteiger partial charge >= 0.3 is 0 Å². The maximum atomic E-state index is 5.27. The number of hydrogen-bond acceptors (Lipinski definition) is 3. The average molecular weight is 234 g/mol. The molecule has 0 bridgehead atoms. The minimum atomic E-state index is 0.413. The van der Waals surface area contributed by atoms with Gasteiger partial charge in [0, 0.05) is 31.9 Å². The largest absolute Gasteiger partial charge is 0.383 e. The molecule has 0 saturated carbocycles. The zero-order valence-corrected chi connectivity index (χ0v) is 10.8. The number of benzene rings is 1. The van der Waals surface area contributed by atoms with Gasteiger partial charge in [0.15, 0.2) is 0 Å². The summed E-state index contributed by atoms with van der Waals surface area (Å²) in [6, 6.07) is 9.11. The quantitative estimate of drug-likeness (QED) is 0.810. The molecule has 2 rings (SSSR count). The second kappa shape index (κ2) is 6.03. The first-order chi connectivity index (χ1) is 8.35.